The molecule has 11 atom stereocenters. The van der Waals surface area contributed by atoms with Gasteiger partial charge in [-0.15, -0.1) is 0 Å². The molecule has 5 aromatic rings. The van der Waals surface area contributed by atoms with Crippen LogP contribution in [0.3, 0.4) is 0 Å². The maximum atomic E-state index is 14.7. The smallest absolute Gasteiger partial charge is 0.245 e. The van der Waals surface area contributed by atoms with Gasteiger partial charge in [0.25, 0.3) is 0 Å². The van der Waals surface area contributed by atoms with Crippen molar-refractivity contribution in [1.29, 1.82) is 5.26 Å². The summed E-state index contributed by atoms with van der Waals surface area (Å²) < 4.78 is 5.86. The summed E-state index contributed by atoms with van der Waals surface area (Å²) >= 11 is 0. The van der Waals surface area contributed by atoms with Crippen molar-refractivity contribution in [2.45, 2.75) is 204 Å². The third-order valence-electron chi connectivity index (χ3n) is 19.2. The summed E-state index contributed by atoms with van der Waals surface area (Å²) in [7, 11) is 0. The maximum absolute atomic E-state index is 14.7. The van der Waals surface area contributed by atoms with Crippen LogP contribution in [-0.2, 0) is 72.0 Å². The van der Waals surface area contributed by atoms with E-state index in [1.165, 1.54) is 41.7 Å². The Balaban J connectivity index is 0.000000594. The number of fused-ring (bicyclic) bond motifs is 2. The molecule has 582 valence electrons. The van der Waals surface area contributed by atoms with E-state index in [-0.39, 0.29) is 112 Å². The number of guanidine groups is 1. The molecule has 3 fully saturated rings. The lowest BCUT2D eigenvalue weighted by Crippen LogP contribution is -2.61. The van der Waals surface area contributed by atoms with Gasteiger partial charge in [0.1, 0.15) is 77.6 Å². The Morgan fingerprint density at radius 3 is 1.93 bits per heavy atom. The van der Waals surface area contributed by atoms with Gasteiger partial charge < -0.3 is 99.1 Å². The number of rotatable bonds is 33. The largest absolute Gasteiger partial charge is 0.508 e. The van der Waals surface area contributed by atoms with Gasteiger partial charge in [-0.05, 0) is 131 Å². The number of nitrogens with two attached hydrogens (primary N) is 2. The van der Waals surface area contributed by atoms with Gasteiger partial charge in [-0.1, -0.05) is 58.0 Å². The summed E-state index contributed by atoms with van der Waals surface area (Å²) in [4.78, 5) is 169. The standard InChI is InChI=1S/C59H84N16O12.C16H18N2O3/c1-6-63-57(86)48-14-10-22-75(48)58(87)41(13-9-21-64-59(60)61)68-51(80)42(23-32(2)3)69-52(81)43(24-33(4)5)70-53(82)44(25-34-15-17-37(77)18-16-34)71-56(85)47(30-76)74-54(83)45(26-35-28-65-39-12-8-7-11-38(35)39)72-55(84)46(27-36-29-62-31-66-36)73-50(79)40-19-20-49(78)67-40;1-16(2)15(20)14(18-7-3-4-13(18)19)11-8-10(9-17)5-6-12(11)21-16/h7-8,11-12,15-18,28-29,31-33,40-48,65,76-77H,6,9-10,13-14,19-27,30H2,1-5H3,(H,62,66)(H,63,86)(H,67,78)(H,68,80)(H,69,81)(H,70,82)(H,71,85)(H,72,84)(H,73,79)(H,74,83)(H4,60,61,64);5-6,8,14-15,20H,3-4,7H2,1-2H3/t40-,41-,42-,43+,44-,45-,46-,47-,48-;14-,15+/m01/s1. The van der Waals surface area contributed by atoms with Gasteiger partial charge in [0.15, 0.2) is 5.96 Å². The Labute approximate surface area is 626 Å². The summed E-state index contributed by atoms with van der Waals surface area (Å²) in [6.45, 7) is 13.1. The number of aromatic hydroxyl groups is 1. The highest BCUT2D eigenvalue weighted by molar-refractivity contribution is 5.99. The Morgan fingerprint density at radius 2 is 1.34 bits per heavy atom. The number of para-hydroxylation sites is 1. The number of H-pyrrole nitrogens is 2. The van der Waals surface area contributed by atoms with E-state index >= 15 is 0 Å². The maximum Gasteiger partial charge on any atom is 0.245 e. The zero-order valence-corrected chi connectivity index (χ0v) is 61.9. The van der Waals surface area contributed by atoms with Crippen LogP contribution in [0, 0.1) is 23.2 Å². The lowest BCUT2D eigenvalue weighted by molar-refractivity contribution is -0.142. The first-order valence-corrected chi connectivity index (χ1v) is 36.6. The molecule has 0 saturated carbocycles. The first-order chi connectivity index (χ1) is 51.5. The molecule has 33 heteroatoms. The molecule has 4 aliphatic rings. The highest BCUT2D eigenvalue weighted by atomic mass is 16.5. The number of likely N-dealkylation sites (N-methyl/N-ethyl adjacent to an activating group) is 1. The average molecular weight is 1500 g/mol. The molecule has 0 aliphatic carbocycles. The second-order valence-electron chi connectivity index (χ2n) is 28.9. The van der Waals surface area contributed by atoms with Crippen molar-refractivity contribution >= 4 is 81.8 Å². The molecule has 0 bridgehead atoms. The molecule has 0 spiro atoms. The van der Waals surface area contributed by atoms with E-state index in [2.05, 4.69) is 73.9 Å². The van der Waals surface area contributed by atoms with Crippen LogP contribution in [0.4, 0.5) is 0 Å². The van der Waals surface area contributed by atoms with Gasteiger partial charge in [-0.25, -0.2) is 4.98 Å². The fraction of sp³-hybridized carbons (Fsp3) is 0.520. The van der Waals surface area contributed by atoms with Crippen LogP contribution in [0.1, 0.15) is 147 Å². The molecule has 18 N–H and O–H groups in total. The molecule has 0 radical (unpaired) electrons. The van der Waals surface area contributed by atoms with Crippen molar-refractivity contribution in [2.75, 3.05) is 32.8 Å². The number of carbonyl (C=O) groups is 11. The Bertz CT molecular complexity index is 4080. The van der Waals surface area contributed by atoms with Gasteiger partial charge in [-0.3, -0.25) is 57.7 Å². The normalized spacial score (nSPS) is 19.1. The molecule has 11 amide bonds. The van der Waals surface area contributed by atoms with Gasteiger partial charge in [0.05, 0.1) is 30.6 Å². The summed E-state index contributed by atoms with van der Waals surface area (Å²) in [6, 6.07) is 8.37. The zero-order valence-electron chi connectivity index (χ0n) is 61.9. The molecule has 108 heavy (non-hydrogen) atoms. The molecule has 3 saturated heterocycles. The van der Waals surface area contributed by atoms with E-state index in [1.54, 1.807) is 68.3 Å². The Kier molecular flexibility index (Phi) is 29.3. The number of likely N-dealkylation sites (tertiary alicyclic amines) is 2. The Hall–Kier alpha value is -11.1. The first kappa shape index (κ1) is 82.5. The number of phenolic OH excluding ortho intramolecular Hbond substituents is 1. The predicted molar refractivity (Wildman–Crippen MR) is 396 cm³/mol. The highest BCUT2D eigenvalue weighted by Crippen LogP contribution is 2.44. The van der Waals surface area contributed by atoms with E-state index in [0.717, 1.165) is 17.5 Å². The number of amides is 11. The number of hydrogen-bond donors (Lipinski definition) is 16. The molecule has 4 aliphatic heterocycles. The SMILES string of the molecule is CC1(C)Oc2ccc(C#N)cc2[C@@H](N2CCCC2=O)[C@@H]1O.CCNC(=O)[C@@H]1CCCN1C(=O)[C@H](CCCN=C(N)N)NC(=O)[C@H](CC(C)C)NC(=O)[C@@H](CC(C)C)NC(=O)[C@H](Cc1ccc(O)cc1)NC(=O)[C@H](CO)NC(=O)[C@H](Cc1c[nH]c2ccccc12)NC(=O)[C@H](Cc1cnc[nH]1)NC(=O)[C@@H]1CCC(=O)N1. The van der Waals surface area contributed by atoms with E-state index in [0.29, 0.717) is 65.9 Å². The van der Waals surface area contributed by atoms with Crippen molar-refractivity contribution in [3.63, 3.8) is 0 Å². The minimum atomic E-state index is -1.75. The molecule has 9 rings (SSSR count). The van der Waals surface area contributed by atoms with E-state index in [1.807, 2.05) is 33.8 Å². The summed E-state index contributed by atoms with van der Waals surface area (Å²) in [5, 5.41) is 65.6. The van der Waals surface area contributed by atoms with Gasteiger partial charge >= 0.3 is 0 Å². The fourth-order valence-electron chi connectivity index (χ4n) is 13.6. The van der Waals surface area contributed by atoms with Crippen LogP contribution >= 0.6 is 0 Å². The zero-order chi connectivity index (χ0) is 78.5. The molecule has 6 heterocycles. The van der Waals surface area contributed by atoms with E-state index in [9.17, 15) is 68.1 Å². The number of carbonyl (C=O) groups excluding carboxylic acids is 11. The van der Waals surface area contributed by atoms with E-state index < -0.39 is 126 Å². The lowest BCUT2D eigenvalue weighted by Gasteiger charge is -2.45. The van der Waals surface area contributed by atoms with Crippen LogP contribution in [0.5, 0.6) is 11.5 Å². The number of phenols is 1. The van der Waals surface area contributed by atoms with Gasteiger partial charge in [0.2, 0.25) is 65.0 Å². The summed E-state index contributed by atoms with van der Waals surface area (Å²) in [5.74, 6) is -6.87. The fourth-order valence-corrected chi connectivity index (χ4v) is 13.6. The number of aromatic amines is 2. The highest BCUT2D eigenvalue weighted by Gasteiger charge is 2.48. The number of aliphatic hydroxyl groups excluding tert-OH is 2. The van der Waals surface area contributed by atoms with Crippen molar-refractivity contribution in [2.24, 2.45) is 28.3 Å². The van der Waals surface area contributed by atoms with Crippen LogP contribution in [0.2, 0.25) is 0 Å². The van der Waals surface area contributed by atoms with Crippen LogP contribution in [0.25, 0.3) is 10.9 Å². The molecule has 3 aromatic carbocycles. The number of aliphatic hydroxyl groups is 2. The van der Waals surface area contributed by atoms with Crippen molar-refractivity contribution in [3.8, 4) is 17.6 Å². The molecular weight excluding hydrogens is 1390 g/mol. The Morgan fingerprint density at radius 1 is 0.731 bits per heavy atom. The van der Waals surface area contributed by atoms with Gasteiger partial charge in [-0.2, -0.15) is 5.26 Å². The predicted octanol–water partition coefficient (Wildman–Crippen LogP) is 0.316. The molecular formula is C75H102N18O15. The molecule has 0 unspecified atom stereocenters. The van der Waals surface area contributed by atoms with Crippen LogP contribution in [0.15, 0.2) is 90.4 Å². The van der Waals surface area contributed by atoms with Crippen LogP contribution < -0.4 is 64.1 Å². The third kappa shape index (κ3) is 22.5. The van der Waals surface area contributed by atoms with Crippen molar-refractivity contribution in [1.82, 2.24) is 72.6 Å². The summed E-state index contributed by atoms with van der Waals surface area (Å²) in [5.41, 5.74) is 13.7. The van der Waals surface area contributed by atoms with Gasteiger partial charge in [0, 0.05) is 92.8 Å². The second-order valence-corrected chi connectivity index (χ2v) is 28.9. The number of nitriles is 1. The lowest BCUT2D eigenvalue weighted by atomic mass is 9.85. The van der Waals surface area contributed by atoms with E-state index in [4.69, 9.17) is 21.5 Å². The number of nitrogens with one attached hydrogen (secondary N) is 11. The first-order valence-electron chi connectivity index (χ1n) is 36.6. The quantitative estimate of drug-likeness (QED) is 0.0153. The third-order valence-corrected chi connectivity index (χ3v) is 19.2. The van der Waals surface area contributed by atoms with Crippen molar-refractivity contribution in [3.05, 3.63) is 113 Å². The minimum Gasteiger partial charge on any atom is -0.508 e. The number of imidazole rings is 1. The second kappa shape index (κ2) is 38.4. The minimum absolute atomic E-state index is 0.0397. The number of hydrogen-bond acceptors (Lipinski definition) is 18. The molecule has 2 aromatic heterocycles. The average Bonchev–Trinajstić information content (AvgIpc) is 1.04. The monoisotopic (exact) mass is 1490 g/mol. The number of nitrogens with zero attached hydrogens (tertiary/aromatic N) is 5. The number of aromatic nitrogens is 3. The number of ether oxygens (including phenoxy) is 1. The summed E-state index contributed by atoms with van der Waals surface area (Å²) in [6.07, 6.45) is 6.29. The molecule has 33 nitrogen and oxygen atoms in total. The number of benzene rings is 3. The number of aliphatic imine (C=N–C) groups is 1. The topological polar surface area (TPSA) is 505 Å². The van der Waals surface area contributed by atoms with Crippen LogP contribution in [-0.4, -0.2) is 210 Å². The van der Waals surface area contributed by atoms with Crippen molar-refractivity contribution < 1.29 is 72.8 Å².